The molecule has 7 heteroatoms. The lowest BCUT2D eigenvalue weighted by Crippen LogP contribution is -2.51. The Morgan fingerprint density at radius 2 is 1.74 bits per heavy atom. The van der Waals surface area contributed by atoms with Crippen molar-refractivity contribution in [3.05, 3.63) is 58.5 Å². The molecule has 0 saturated heterocycles. The summed E-state index contributed by atoms with van der Waals surface area (Å²) in [6.45, 7) is 2.83. The number of hydrogen-bond donors (Lipinski definition) is 1. The number of carbonyl (C=O) groups is 2. The van der Waals surface area contributed by atoms with E-state index in [9.17, 15) is 19.5 Å². The molecule has 0 spiro atoms. The Labute approximate surface area is 132 Å². The molecule has 7 nitrogen and oxygen atoms in total. The molecule has 1 aromatic heterocycles. The number of para-hydroxylation sites is 1. The number of amides is 1. The number of carboxylic acids is 1. The van der Waals surface area contributed by atoms with Crippen molar-refractivity contribution in [2.75, 3.05) is 7.05 Å². The molecule has 0 bridgehead atoms. The van der Waals surface area contributed by atoms with E-state index < -0.39 is 17.4 Å². The number of carbonyl (C=O) groups excluding carboxylic acids is 1. The van der Waals surface area contributed by atoms with Gasteiger partial charge < -0.3 is 10.0 Å². The summed E-state index contributed by atoms with van der Waals surface area (Å²) >= 11 is 0. The molecule has 1 heterocycles. The van der Waals surface area contributed by atoms with Gasteiger partial charge in [-0.05, 0) is 32.0 Å². The first-order valence-corrected chi connectivity index (χ1v) is 6.92. The first kappa shape index (κ1) is 16.4. The van der Waals surface area contributed by atoms with Gasteiger partial charge in [-0.2, -0.15) is 9.78 Å². The van der Waals surface area contributed by atoms with Gasteiger partial charge in [0.25, 0.3) is 11.5 Å². The van der Waals surface area contributed by atoms with Crippen molar-refractivity contribution in [3.8, 4) is 5.69 Å². The van der Waals surface area contributed by atoms with E-state index in [-0.39, 0.29) is 11.3 Å². The number of carboxylic acid groups (broad SMARTS) is 1. The van der Waals surface area contributed by atoms with Gasteiger partial charge in [0.15, 0.2) is 0 Å². The van der Waals surface area contributed by atoms with E-state index in [1.54, 1.807) is 30.3 Å². The van der Waals surface area contributed by atoms with E-state index in [2.05, 4.69) is 5.10 Å². The summed E-state index contributed by atoms with van der Waals surface area (Å²) in [4.78, 5) is 36.8. The molecule has 1 N–H and O–H groups in total. The Morgan fingerprint density at radius 3 is 2.30 bits per heavy atom. The summed E-state index contributed by atoms with van der Waals surface area (Å²) in [7, 11) is 1.39. The van der Waals surface area contributed by atoms with E-state index >= 15 is 0 Å². The van der Waals surface area contributed by atoms with Crippen LogP contribution in [0.25, 0.3) is 5.69 Å². The van der Waals surface area contributed by atoms with Crippen molar-refractivity contribution in [2.45, 2.75) is 19.4 Å². The number of likely N-dealkylation sites (N-methyl/N-ethyl adjacent to an activating group) is 1. The van der Waals surface area contributed by atoms with Crippen LogP contribution in [0.4, 0.5) is 0 Å². The van der Waals surface area contributed by atoms with Crippen LogP contribution in [0.2, 0.25) is 0 Å². The number of hydrogen-bond acceptors (Lipinski definition) is 4. The summed E-state index contributed by atoms with van der Waals surface area (Å²) in [5.41, 5.74) is -1.27. The molecule has 0 aliphatic rings. The normalized spacial score (nSPS) is 11.1. The lowest BCUT2D eigenvalue weighted by atomic mass is 10.0. The minimum atomic E-state index is -1.40. The smallest absolute Gasteiger partial charge is 0.329 e. The quantitative estimate of drug-likeness (QED) is 0.914. The van der Waals surface area contributed by atoms with E-state index in [0.717, 1.165) is 9.58 Å². The number of nitrogens with zero attached hydrogens (tertiary/aromatic N) is 3. The zero-order chi connectivity index (χ0) is 17.2. The molecule has 1 amide bonds. The maximum absolute atomic E-state index is 12.5. The number of aliphatic carboxylic acids is 1. The fourth-order valence-electron chi connectivity index (χ4n) is 1.85. The van der Waals surface area contributed by atoms with Gasteiger partial charge in [-0.15, -0.1) is 0 Å². The van der Waals surface area contributed by atoms with Gasteiger partial charge in [0.1, 0.15) is 11.2 Å². The third kappa shape index (κ3) is 3.13. The molecule has 0 aliphatic heterocycles. The summed E-state index contributed by atoms with van der Waals surface area (Å²) < 4.78 is 1.11. The van der Waals surface area contributed by atoms with Gasteiger partial charge in [-0.1, -0.05) is 18.2 Å². The van der Waals surface area contributed by atoms with Crippen LogP contribution in [0, 0.1) is 0 Å². The third-order valence-electron chi connectivity index (χ3n) is 3.69. The molecule has 23 heavy (non-hydrogen) atoms. The lowest BCUT2D eigenvalue weighted by molar-refractivity contribution is -0.147. The zero-order valence-electron chi connectivity index (χ0n) is 13.1. The van der Waals surface area contributed by atoms with Crippen molar-refractivity contribution >= 4 is 11.9 Å². The SMILES string of the molecule is CN(C(=O)c1ccc(=O)n(-c2ccccc2)n1)C(C)(C)C(=O)O. The highest BCUT2D eigenvalue weighted by molar-refractivity contribution is 5.95. The highest BCUT2D eigenvalue weighted by atomic mass is 16.4. The highest BCUT2D eigenvalue weighted by Crippen LogP contribution is 2.15. The van der Waals surface area contributed by atoms with Crippen molar-refractivity contribution in [2.24, 2.45) is 0 Å². The average molecular weight is 315 g/mol. The second-order valence-corrected chi connectivity index (χ2v) is 5.53. The minimum absolute atomic E-state index is 0.00900. The minimum Gasteiger partial charge on any atom is -0.480 e. The maximum Gasteiger partial charge on any atom is 0.329 e. The predicted octanol–water partition coefficient (Wildman–Crippen LogP) is 1.17. The van der Waals surface area contributed by atoms with Gasteiger partial charge >= 0.3 is 5.97 Å². The van der Waals surface area contributed by atoms with Crippen molar-refractivity contribution in [1.29, 1.82) is 0 Å². The average Bonchev–Trinajstić information content (AvgIpc) is 2.54. The molecular weight excluding hydrogens is 298 g/mol. The summed E-state index contributed by atoms with van der Waals surface area (Å²) in [5.74, 6) is -1.72. The van der Waals surface area contributed by atoms with E-state index in [0.29, 0.717) is 5.69 Å². The molecule has 0 saturated carbocycles. The Bertz CT molecular complexity index is 796. The first-order chi connectivity index (χ1) is 10.7. The standard InChI is InChI=1S/C16H17N3O4/c1-16(2,15(22)23)18(3)14(21)12-9-10-13(20)19(17-12)11-7-5-4-6-8-11/h4-10H,1-3H3,(H,22,23). The number of benzene rings is 1. The summed E-state index contributed by atoms with van der Waals surface area (Å²) in [5, 5.41) is 13.3. The van der Waals surface area contributed by atoms with Gasteiger partial charge in [-0.25, -0.2) is 4.79 Å². The van der Waals surface area contributed by atoms with Gasteiger partial charge in [0, 0.05) is 13.1 Å². The highest BCUT2D eigenvalue weighted by Gasteiger charge is 2.36. The van der Waals surface area contributed by atoms with Crippen molar-refractivity contribution in [3.63, 3.8) is 0 Å². The summed E-state index contributed by atoms with van der Waals surface area (Å²) in [6, 6.07) is 11.2. The van der Waals surface area contributed by atoms with E-state index in [4.69, 9.17) is 0 Å². The molecular formula is C16H17N3O4. The van der Waals surface area contributed by atoms with Crippen LogP contribution in [0.1, 0.15) is 24.3 Å². The van der Waals surface area contributed by atoms with Crippen LogP contribution in [0.15, 0.2) is 47.3 Å². The molecule has 0 fully saturated rings. The van der Waals surface area contributed by atoms with Crippen LogP contribution >= 0.6 is 0 Å². The molecule has 2 rings (SSSR count). The summed E-state index contributed by atoms with van der Waals surface area (Å²) in [6.07, 6.45) is 0. The Hall–Kier alpha value is -2.96. The Kier molecular flexibility index (Phi) is 4.31. The Balaban J connectivity index is 2.44. The first-order valence-electron chi connectivity index (χ1n) is 6.92. The van der Waals surface area contributed by atoms with Gasteiger partial charge in [0.05, 0.1) is 5.69 Å². The fraction of sp³-hybridized carbons (Fsp3) is 0.250. The molecule has 0 aliphatic carbocycles. The molecule has 120 valence electrons. The van der Waals surface area contributed by atoms with Crippen molar-refractivity contribution in [1.82, 2.24) is 14.7 Å². The molecule has 0 unspecified atom stereocenters. The third-order valence-corrected chi connectivity index (χ3v) is 3.69. The van der Waals surface area contributed by atoms with E-state index in [1.807, 2.05) is 0 Å². The topological polar surface area (TPSA) is 92.5 Å². The van der Waals surface area contributed by atoms with Crippen LogP contribution in [-0.2, 0) is 4.79 Å². The van der Waals surface area contributed by atoms with Crippen LogP contribution in [0.5, 0.6) is 0 Å². The lowest BCUT2D eigenvalue weighted by Gasteiger charge is -2.31. The number of aromatic nitrogens is 2. The second-order valence-electron chi connectivity index (χ2n) is 5.53. The monoisotopic (exact) mass is 315 g/mol. The molecule has 0 atom stereocenters. The fourth-order valence-corrected chi connectivity index (χ4v) is 1.85. The number of rotatable bonds is 4. The van der Waals surface area contributed by atoms with Gasteiger partial charge in [-0.3, -0.25) is 9.59 Å². The molecule has 0 radical (unpaired) electrons. The second kappa shape index (κ2) is 6.04. The Morgan fingerprint density at radius 1 is 1.13 bits per heavy atom. The predicted molar refractivity (Wildman–Crippen MR) is 83.6 cm³/mol. The van der Waals surface area contributed by atoms with Crippen LogP contribution < -0.4 is 5.56 Å². The molecule has 1 aromatic carbocycles. The molecule has 2 aromatic rings. The van der Waals surface area contributed by atoms with Gasteiger partial charge in [0.2, 0.25) is 0 Å². The largest absolute Gasteiger partial charge is 0.480 e. The van der Waals surface area contributed by atoms with Crippen LogP contribution in [-0.4, -0.2) is 44.3 Å². The van der Waals surface area contributed by atoms with Crippen LogP contribution in [0.3, 0.4) is 0 Å². The zero-order valence-corrected chi connectivity index (χ0v) is 13.1. The van der Waals surface area contributed by atoms with Crippen molar-refractivity contribution < 1.29 is 14.7 Å². The maximum atomic E-state index is 12.5. The van der Waals surface area contributed by atoms with E-state index in [1.165, 1.54) is 33.0 Å².